The lowest BCUT2D eigenvalue weighted by Crippen LogP contribution is -2.52. The van der Waals surface area contributed by atoms with Crippen LogP contribution in [0.15, 0.2) is 0 Å². The minimum absolute atomic E-state index is 0.0395. The zero-order valence-electron chi connectivity index (χ0n) is 15.9. The maximum Gasteiger partial charge on any atom is 0.317 e. The second kappa shape index (κ2) is 9.04. The van der Waals surface area contributed by atoms with Gasteiger partial charge in [0.25, 0.3) is 0 Å². The fourth-order valence-electron chi connectivity index (χ4n) is 4.03. The summed E-state index contributed by atoms with van der Waals surface area (Å²) in [5, 5.41) is 12.3. The number of hydrogen-bond donors (Lipinski definition) is 2. The Balaban J connectivity index is 1.79. The molecule has 1 heterocycles. The molecule has 0 radical (unpaired) electrons. The van der Waals surface area contributed by atoms with Gasteiger partial charge in [-0.15, -0.1) is 0 Å². The molecule has 0 atom stereocenters. The Bertz CT molecular complexity index is 381. The van der Waals surface area contributed by atoms with E-state index in [-0.39, 0.29) is 18.1 Å². The van der Waals surface area contributed by atoms with E-state index < -0.39 is 0 Å². The van der Waals surface area contributed by atoms with E-state index in [9.17, 15) is 4.79 Å². The van der Waals surface area contributed by atoms with Crippen molar-refractivity contribution in [2.75, 3.05) is 32.8 Å². The summed E-state index contributed by atoms with van der Waals surface area (Å²) in [5.41, 5.74) is 0.0681. The molecule has 1 saturated heterocycles. The molecule has 0 spiro atoms. The zero-order valence-corrected chi connectivity index (χ0v) is 15.9. The van der Waals surface area contributed by atoms with Crippen LogP contribution in [0.25, 0.3) is 0 Å². The zero-order chi connectivity index (χ0) is 17.6. The van der Waals surface area contributed by atoms with Gasteiger partial charge in [0.15, 0.2) is 0 Å². The summed E-state index contributed by atoms with van der Waals surface area (Å²) >= 11 is 0. The molecule has 0 bridgehead atoms. The quantitative estimate of drug-likeness (QED) is 0.782. The van der Waals surface area contributed by atoms with Crippen molar-refractivity contribution < 1.29 is 9.90 Å². The van der Waals surface area contributed by atoms with E-state index >= 15 is 0 Å². The third-order valence-electron chi connectivity index (χ3n) is 5.24. The van der Waals surface area contributed by atoms with Crippen molar-refractivity contribution in [3.05, 3.63) is 0 Å². The number of aliphatic hydroxyl groups excluding tert-OH is 1. The number of carbonyl (C=O) groups is 1. The van der Waals surface area contributed by atoms with Gasteiger partial charge in [0.2, 0.25) is 0 Å². The van der Waals surface area contributed by atoms with Crippen LogP contribution >= 0.6 is 0 Å². The van der Waals surface area contributed by atoms with Crippen LogP contribution in [0.4, 0.5) is 4.79 Å². The van der Waals surface area contributed by atoms with Gasteiger partial charge in [-0.1, -0.05) is 33.6 Å². The van der Waals surface area contributed by atoms with Gasteiger partial charge in [-0.3, -0.25) is 0 Å². The topological polar surface area (TPSA) is 55.8 Å². The first kappa shape index (κ1) is 19.5. The molecular formula is C19H37N3O2. The predicted octanol–water partition coefficient (Wildman–Crippen LogP) is 2.83. The molecule has 0 aromatic carbocycles. The average Bonchev–Trinajstić information content (AvgIpc) is 3.05. The lowest BCUT2D eigenvalue weighted by molar-refractivity contribution is 0.133. The highest BCUT2D eigenvalue weighted by Gasteiger charge is 2.29. The second-order valence-corrected chi connectivity index (χ2v) is 8.76. The van der Waals surface area contributed by atoms with Crippen molar-refractivity contribution in [1.82, 2.24) is 15.1 Å². The van der Waals surface area contributed by atoms with Crippen LogP contribution in [0, 0.1) is 5.41 Å². The van der Waals surface area contributed by atoms with Gasteiger partial charge in [-0.25, -0.2) is 4.79 Å². The van der Waals surface area contributed by atoms with Crippen LogP contribution < -0.4 is 5.32 Å². The number of likely N-dealkylation sites (tertiary alicyclic amines) is 1. The van der Waals surface area contributed by atoms with Crippen LogP contribution in [0.1, 0.15) is 65.7 Å². The second-order valence-electron chi connectivity index (χ2n) is 8.76. The molecule has 1 aliphatic heterocycles. The van der Waals surface area contributed by atoms with E-state index in [1.54, 1.807) is 0 Å². The number of hydrogen-bond acceptors (Lipinski definition) is 3. The molecule has 0 unspecified atom stereocenters. The summed E-state index contributed by atoms with van der Waals surface area (Å²) < 4.78 is 0. The molecule has 5 heteroatoms. The number of rotatable bonds is 6. The Morgan fingerprint density at radius 1 is 1.17 bits per heavy atom. The Morgan fingerprint density at radius 2 is 1.79 bits per heavy atom. The number of aliphatic hydroxyl groups is 1. The highest BCUT2D eigenvalue weighted by molar-refractivity contribution is 5.74. The molecule has 140 valence electrons. The van der Waals surface area contributed by atoms with Crippen LogP contribution in [-0.4, -0.2) is 65.8 Å². The smallest absolute Gasteiger partial charge is 0.317 e. The van der Waals surface area contributed by atoms with Crippen molar-refractivity contribution in [1.29, 1.82) is 0 Å². The van der Waals surface area contributed by atoms with Crippen LogP contribution in [-0.2, 0) is 0 Å². The first-order valence-corrected chi connectivity index (χ1v) is 9.79. The Morgan fingerprint density at radius 3 is 2.33 bits per heavy atom. The monoisotopic (exact) mass is 339 g/mol. The fraction of sp³-hybridized carbons (Fsp3) is 0.947. The lowest BCUT2D eigenvalue weighted by atomic mass is 9.96. The van der Waals surface area contributed by atoms with Crippen molar-refractivity contribution >= 4 is 6.03 Å². The maximum atomic E-state index is 12.7. The third-order valence-corrected chi connectivity index (χ3v) is 5.24. The summed E-state index contributed by atoms with van der Waals surface area (Å²) in [4.78, 5) is 17.2. The Kier molecular flexibility index (Phi) is 7.35. The van der Waals surface area contributed by atoms with Gasteiger partial charge in [-0.05, 0) is 37.5 Å². The third kappa shape index (κ3) is 6.25. The molecule has 2 fully saturated rings. The van der Waals surface area contributed by atoms with Gasteiger partial charge in [0.1, 0.15) is 0 Å². The minimum atomic E-state index is 0.0395. The van der Waals surface area contributed by atoms with Gasteiger partial charge in [0.05, 0.1) is 0 Å². The van der Waals surface area contributed by atoms with Crippen molar-refractivity contribution in [3.63, 3.8) is 0 Å². The molecule has 1 aliphatic carbocycles. The number of carbonyl (C=O) groups excluding carboxylic acids is 1. The number of amides is 2. The van der Waals surface area contributed by atoms with E-state index in [1.165, 1.54) is 25.7 Å². The Labute approximate surface area is 147 Å². The molecule has 2 N–H and O–H groups in total. The van der Waals surface area contributed by atoms with Crippen LogP contribution in [0.2, 0.25) is 0 Å². The molecule has 1 saturated carbocycles. The molecule has 0 aromatic heterocycles. The van der Waals surface area contributed by atoms with Crippen molar-refractivity contribution in [2.24, 2.45) is 5.41 Å². The minimum Gasteiger partial charge on any atom is -0.396 e. The molecule has 2 rings (SSSR count). The molecule has 2 amide bonds. The average molecular weight is 340 g/mol. The summed E-state index contributed by atoms with van der Waals surface area (Å²) in [6, 6.07) is 1.13. The summed E-state index contributed by atoms with van der Waals surface area (Å²) in [6.07, 6.45) is 8.25. The summed E-state index contributed by atoms with van der Waals surface area (Å²) in [7, 11) is 0. The van der Waals surface area contributed by atoms with Gasteiger partial charge in [0, 0.05) is 44.9 Å². The first-order valence-electron chi connectivity index (χ1n) is 9.79. The van der Waals surface area contributed by atoms with Gasteiger partial charge < -0.3 is 20.2 Å². The maximum absolute atomic E-state index is 12.7. The highest BCUT2D eigenvalue weighted by Crippen LogP contribution is 2.26. The van der Waals surface area contributed by atoms with E-state index in [1.807, 2.05) is 4.90 Å². The van der Waals surface area contributed by atoms with Gasteiger partial charge in [-0.2, -0.15) is 0 Å². The predicted molar refractivity (Wildman–Crippen MR) is 98.1 cm³/mol. The molecule has 5 nitrogen and oxygen atoms in total. The Hall–Kier alpha value is -0.810. The van der Waals surface area contributed by atoms with Crippen molar-refractivity contribution in [2.45, 2.75) is 77.8 Å². The summed E-state index contributed by atoms with van der Waals surface area (Å²) in [6.45, 7) is 10.1. The standard InChI is InChI=1S/C19H37N3O2/c1-19(2,3)15-22(11-6-14-23)18(24)20-16-9-12-21(13-10-16)17-7-4-5-8-17/h16-17,23H,4-15H2,1-3H3,(H,20,24). The van der Waals surface area contributed by atoms with Crippen molar-refractivity contribution in [3.8, 4) is 0 Å². The number of urea groups is 1. The SMILES string of the molecule is CC(C)(C)CN(CCCO)C(=O)NC1CCN(C2CCCC2)CC1. The molecule has 24 heavy (non-hydrogen) atoms. The lowest BCUT2D eigenvalue weighted by Gasteiger charge is -2.37. The van der Waals surface area contributed by atoms with Gasteiger partial charge >= 0.3 is 6.03 Å². The first-order chi connectivity index (χ1) is 11.4. The van der Waals surface area contributed by atoms with E-state index in [4.69, 9.17) is 5.11 Å². The van der Waals surface area contributed by atoms with Crippen LogP contribution in [0.3, 0.4) is 0 Å². The van der Waals surface area contributed by atoms with E-state index in [0.717, 1.165) is 38.5 Å². The van der Waals surface area contributed by atoms with Crippen LogP contribution in [0.5, 0.6) is 0 Å². The fourth-order valence-corrected chi connectivity index (χ4v) is 4.03. The summed E-state index contributed by atoms with van der Waals surface area (Å²) in [5.74, 6) is 0. The van der Waals surface area contributed by atoms with E-state index in [0.29, 0.717) is 19.0 Å². The molecule has 2 aliphatic rings. The van der Waals surface area contributed by atoms with E-state index in [2.05, 4.69) is 31.0 Å². The number of nitrogens with zero attached hydrogens (tertiary/aromatic N) is 2. The number of nitrogens with one attached hydrogen (secondary N) is 1. The normalized spacial score (nSPS) is 21.2. The largest absolute Gasteiger partial charge is 0.396 e. The number of piperidine rings is 1. The molecular weight excluding hydrogens is 302 g/mol. The highest BCUT2D eigenvalue weighted by atomic mass is 16.3. The molecule has 0 aromatic rings.